The van der Waals surface area contributed by atoms with Crippen LogP contribution >= 0.6 is 23.4 Å². The van der Waals surface area contributed by atoms with Gasteiger partial charge >= 0.3 is 0 Å². The van der Waals surface area contributed by atoms with Gasteiger partial charge in [0, 0.05) is 11.1 Å². The molecule has 8 heteroatoms. The zero-order valence-corrected chi connectivity index (χ0v) is 15.6. The lowest BCUT2D eigenvalue weighted by molar-refractivity contribution is -0.119. The Kier molecular flexibility index (Phi) is 7.33. The third-order valence-corrected chi connectivity index (χ3v) is 4.56. The smallest absolute Gasteiger partial charge is 0.235 e. The van der Waals surface area contributed by atoms with Gasteiger partial charge in [0.15, 0.2) is 5.82 Å². The van der Waals surface area contributed by atoms with Crippen LogP contribution in [-0.4, -0.2) is 28.5 Å². The molecule has 1 aromatic carbocycles. The van der Waals surface area contributed by atoms with E-state index in [4.69, 9.17) is 16.1 Å². The standard InChI is InChI=1S/C17H20ClN3O3S/c1-3-14(12-4-6-13(18)7-5-12)19-16(22)9-25-10-17(23)20-15-8-11(2)24-21-15/h4-8,14H,3,9-10H2,1-2H3,(H,19,22)(H,20,21,23). The molecule has 0 bridgehead atoms. The predicted molar refractivity (Wildman–Crippen MR) is 99.8 cm³/mol. The van der Waals surface area contributed by atoms with Gasteiger partial charge in [0.2, 0.25) is 11.8 Å². The summed E-state index contributed by atoms with van der Waals surface area (Å²) >= 11 is 7.13. The van der Waals surface area contributed by atoms with Gasteiger partial charge in [0.1, 0.15) is 5.76 Å². The maximum Gasteiger partial charge on any atom is 0.235 e. The SMILES string of the molecule is CCC(NC(=O)CSCC(=O)Nc1cc(C)on1)c1ccc(Cl)cc1. The normalized spacial score (nSPS) is 11.8. The quantitative estimate of drug-likeness (QED) is 0.730. The minimum Gasteiger partial charge on any atom is -0.360 e. The topological polar surface area (TPSA) is 84.2 Å². The number of benzene rings is 1. The summed E-state index contributed by atoms with van der Waals surface area (Å²) in [5.74, 6) is 1.02. The maximum absolute atomic E-state index is 12.1. The summed E-state index contributed by atoms with van der Waals surface area (Å²) in [6, 6.07) is 8.96. The molecule has 25 heavy (non-hydrogen) atoms. The summed E-state index contributed by atoms with van der Waals surface area (Å²) in [5.41, 5.74) is 1.00. The van der Waals surface area contributed by atoms with Crippen molar-refractivity contribution in [3.63, 3.8) is 0 Å². The number of aromatic nitrogens is 1. The van der Waals surface area contributed by atoms with Crippen LogP contribution in [0.2, 0.25) is 5.02 Å². The maximum atomic E-state index is 12.1. The van der Waals surface area contributed by atoms with Gasteiger partial charge in [0.25, 0.3) is 0 Å². The van der Waals surface area contributed by atoms with Crippen molar-refractivity contribution in [1.82, 2.24) is 10.5 Å². The summed E-state index contributed by atoms with van der Waals surface area (Å²) < 4.78 is 4.87. The van der Waals surface area contributed by atoms with Crippen molar-refractivity contribution < 1.29 is 14.1 Å². The number of hydrogen-bond acceptors (Lipinski definition) is 5. The van der Waals surface area contributed by atoms with Crippen molar-refractivity contribution in [2.45, 2.75) is 26.3 Å². The van der Waals surface area contributed by atoms with Crippen LogP contribution in [0.15, 0.2) is 34.9 Å². The fourth-order valence-electron chi connectivity index (χ4n) is 2.19. The lowest BCUT2D eigenvalue weighted by Crippen LogP contribution is -2.30. The first kappa shape index (κ1) is 19.3. The lowest BCUT2D eigenvalue weighted by Gasteiger charge is -2.17. The number of carbonyl (C=O) groups is 2. The molecule has 1 atom stereocenters. The van der Waals surface area contributed by atoms with Gasteiger partial charge in [-0.25, -0.2) is 0 Å². The lowest BCUT2D eigenvalue weighted by atomic mass is 10.0. The molecule has 0 aliphatic rings. The van der Waals surface area contributed by atoms with Crippen molar-refractivity contribution in [3.05, 3.63) is 46.7 Å². The van der Waals surface area contributed by atoms with Gasteiger partial charge in [-0.15, -0.1) is 11.8 Å². The molecule has 2 amide bonds. The average Bonchev–Trinajstić information content (AvgIpc) is 2.98. The fraction of sp³-hybridized carbons (Fsp3) is 0.353. The highest BCUT2D eigenvalue weighted by atomic mass is 35.5. The molecule has 0 fully saturated rings. The van der Waals surface area contributed by atoms with Crippen molar-refractivity contribution in [2.75, 3.05) is 16.8 Å². The van der Waals surface area contributed by atoms with Crippen LogP contribution in [0.4, 0.5) is 5.82 Å². The molecular weight excluding hydrogens is 362 g/mol. The molecule has 2 aromatic rings. The molecular formula is C17H20ClN3O3S. The highest BCUT2D eigenvalue weighted by Crippen LogP contribution is 2.19. The van der Waals surface area contributed by atoms with E-state index in [1.54, 1.807) is 25.1 Å². The van der Waals surface area contributed by atoms with E-state index in [1.807, 2.05) is 19.1 Å². The van der Waals surface area contributed by atoms with E-state index in [9.17, 15) is 9.59 Å². The number of aryl methyl sites for hydroxylation is 1. The summed E-state index contributed by atoms with van der Waals surface area (Å²) in [6.07, 6.45) is 0.768. The number of carbonyl (C=O) groups excluding carboxylic acids is 2. The van der Waals surface area contributed by atoms with Gasteiger partial charge in [-0.1, -0.05) is 35.8 Å². The molecule has 0 saturated carbocycles. The van der Waals surface area contributed by atoms with Crippen LogP contribution in [0, 0.1) is 6.92 Å². The molecule has 0 aliphatic carbocycles. The summed E-state index contributed by atoms with van der Waals surface area (Å²) in [6.45, 7) is 3.74. The Bertz CT molecular complexity index is 718. The first-order valence-corrected chi connectivity index (χ1v) is 9.37. The zero-order chi connectivity index (χ0) is 18.2. The van der Waals surface area contributed by atoms with Gasteiger partial charge in [-0.2, -0.15) is 0 Å². The molecule has 1 unspecified atom stereocenters. The van der Waals surface area contributed by atoms with Crippen LogP contribution in [0.3, 0.4) is 0 Å². The van der Waals surface area contributed by atoms with E-state index in [2.05, 4.69) is 15.8 Å². The minimum atomic E-state index is -0.226. The second kappa shape index (κ2) is 9.48. The molecule has 1 heterocycles. The van der Waals surface area contributed by atoms with E-state index in [0.717, 1.165) is 12.0 Å². The van der Waals surface area contributed by atoms with Gasteiger partial charge < -0.3 is 15.2 Å². The van der Waals surface area contributed by atoms with E-state index >= 15 is 0 Å². The number of nitrogens with zero attached hydrogens (tertiary/aromatic N) is 1. The number of nitrogens with one attached hydrogen (secondary N) is 2. The van der Waals surface area contributed by atoms with Crippen LogP contribution in [0.5, 0.6) is 0 Å². The zero-order valence-electron chi connectivity index (χ0n) is 14.0. The van der Waals surface area contributed by atoms with Crippen LogP contribution < -0.4 is 10.6 Å². The molecule has 0 aliphatic heterocycles. The van der Waals surface area contributed by atoms with E-state index in [-0.39, 0.29) is 29.4 Å². The van der Waals surface area contributed by atoms with E-state index in [1.165, 1.54) is 11.8 Å². The van der Waals surface area contributed by atoms with E-state index in [0.29, 0.717) is 16.6 Å². The van der Waals surface area contributed by atoms with Crippen molar-refractivity contribution in [2.24, 2.45) is 0 Å². The Hall–Kier alpha value is -1.99. The molecule has 2 N–H and O–H groups in total. The molecule has 134 valence electrons. The fourth-order valence-corrected chi connectivity index (χ4v) is 2.95. The van der Waals surface area contributed by atoms with Crippen LogP contribution in [0.25, 0.3) is 0 Å². The van der Waals surface area contributed by atoms with Crippen LogP contribution in [-0.2, 0) is 9.59 Å². The molecule has 0 spiro atoms. The summed E-state index contributed by atoms with van der Waals surface area (Å²) in [7, 11) is 0. The minimum absolute atomic E-state index is 0.0719. The number of thioether (sulfide) groups is 1. The highest BCUT2D eigenvalue weighted by Gasteiger charge is 2.13. The molecule has 0 radical (unpaired) electrons. The van der Waals surface area contributed by atoms with Gasteiger partial charge in [-0.05, 0) is 31.0 Å². The van der Waals surface area contributed by atoms with Crippen LogP contribution in [0.1, 0.15) is 30.7 Å². The first-order valence-electron chi connectivity index (χ1n) is 7.83. The Morgan fingerprint density at radius 3 is 2.52 bits per heavy atom. The van der Waals surface area contributed by atoms with Gasteiger partial charge in [0.05, 0.1) is 17.5 Å². The average molecular weight is 382 g/mol. The Labute approximate surface area is 155 Å². The second-order valence-corrected chi connectivity index (χ2v) is 6.87. The Morgan fingerprint density at radius 1 is 1.24 bits per heavy atom. The largest absolute Gasteiger partial charge is 0.360 e. The number of rotatable bonds is 8. The third-order valence-electron chi connectivity index (χ3n) is 3.38. The molecule has 0 saturated heterocycles. The first-order chi connectivity index (χ1) is 12.0. The number of amides is 2. The molecule has 1 aromatic heterocycles. The van der Waals surface area contributed by atoms with Crippen molar-refractivity contribution in [1.29, 1.82) is 0 Å². The highest BCUT2D eigenvalue weighted by molar-refractivity contribution is 8.00. The predicted octanol–water partition coefficient (Wildman–Crippen LogP) is 3.58. The molecule has 6 nitrogen and oxygen atoms in total. The monoisotopic (exact) mass is 381 g/mol. The third kappa shape index (κ3) is 6.43. The summed E-state index contributed by atoms with van der Waals surface area (Å²) in [5, 5.41) is 9.92. The number of anilines is 1. The molecule has 2 rings (SSSR count). The number of halogens is 1. The number of hydrogen-bond donors (Lipinski definition) is 2. The van der Waals surface area contributed by atoms with E-state index < -0.39 is 0 Å². The van der Waals surface area contributed by atoms with Gasteiger partial charge in [-0.3, -0.25) is 9.59 Å². The Morgan fingerprint density at radius 2 is 1.92 bits per heavy atom. The van der Waals surface area contributed by atoms with Crippen molar-refractivity contribution >= 4 is 41.0 Å². The Balaban J connectivity index is 1.73. The van der Waals surface area contributed by atoms with Crippen molar-refractivity contribution in [3.8, 4) is 0 Å². The summed E-state index contributed by atoms with van der Waals surface area (Å²) in [4.78, 5) is 23.9. The second-order valence-electron chi connectivity index (χ2n) is 5.44.